The molecule has 1 aromatic carbocycles. The lowest BCUT2D eigenvalue weighted by Gasteiger charge is -2.16. The summed E-state index contributed by atoms with van der Waals surface area (Å²) in [5.74, 6) is -0.0600. The largest absolute Gasteiger partial charge is 0.534 e. The molecular weight excluding hydrogens is 293 g/mol. The smallest absolute Gasteiger partial charge is 0.376 e. The van der Waals surface area contributed by atoms with Gasteiger partial charge in [0.15, 0.2) is 0 Å². The maximum atomic E-state index is 12.4. The van der Waals surface area contributed by atoms with Gasteiger partial charge in [0.2, 0.25) is 0 Å². The van der Waals surface area contributed by atoms with Crippen molar-refractivity contribution in [1.82, 2.24) is 0 Å². The second-order valence-corrected chi connectivity index (χ2v) is 6.77. The Bertz CT molecular complexity index is 635. The summed E-state index contributed by atoms with van der Waals surface area (Å²) in [5, 5.41) is 0. The number of hydrogen-bond donors (Lipinski definition) is 0. The first-order valence-corrected chi connectivity index (χ1v) is 7.59. The quantitative estimate of drug-likeness (QED) is 0.616. The van der Waals surface area contributed by atoms with Crippen molar-refractivity contribution in [3.63, 3.8) is 0 Å². The van der Waals surface area contributed by atoms with Crippen LogP contribution in [-0.4, -0.2) is 13.9 Å². The minimum Gasteiger partial charge on any atom is -0.376 e. The topological polar surface area (TPSA) is 43.4 Å². The molecule has 2 rings (SSSR count). The fourth-order valence-corrected chi connectivity index (χ4v) is 3.37. The Morgan fingerprint density at radius 3 is 2.25 bits per heavy atom. The number of rotatable bonds is 2. The highest BCUT2D eigenvalue weighted by Gasteiger charge is 2.49. The van der Waals surface area contributed by atoms with Crippen molar-refractivity contribution in [3.05, 3.63) is 28.8 Å². The summed E-state index contributed by atoms with van der Waals surface area (Å²) in [4.78, 5) is 0. The average Bonchev–Trinajstić information content (AvgIpc) is 2.57. The molecule has 1 aliphatic rings. The van der Waals surface area contributed by atoms with E-state index in [0.29, 0.717) is 5.56 Å². The van der Waals surface area contributed by atoms with Crippen molar-refractivity contribution in [2.45, 2.75) is 44.5 Å². The maximum Gasteiger partial charge on any atom is 0.534 e. The van der Waals surface area contributed by atoms with Crippen LogP contribution in [0.4, 0.5) is 13.2 Å². The zero-order chi connectivity index (χ0) is 15.3. The summed E-state index contributed by atoms with van der Waals surface area (Å²) in [5.41, 5.74) is -3.01. The molecule has 0 aromatic heterocycles. The molecule has 0 fully saturated rings. The average molecular weight is 308 g/mol. The standard InChI is InChI=1S/C13H15F3O3S/c1-7-4-5-10(19-20(17,18)13(14,15)16)12-9(3)6-8(2)11(7)12/h4-5,8-9H,6H2,1-3H3. The zero-order valence-corrected chi connectivity index (χ0v) is 12.1. The molecule has 2 unspecified atom stereocenters. The van der Waals surface area contributed by atoms with Gasteiger partial charge in [-0.15, -0.1) is 0 Å². The molecule has 0 aliphatic heterocycles. The van der Waals surface area contributed by atoms with Gasteiger partial charge in [-0.25, -0.2) is 0 Å². The Labute approximate surface area is 115 Å². The van der Waals surface area contributed by atoms with E-state index in [1.807, 2.05) is 20.8 Å². The summed E-state index contributed by atoms with van der Waals surface area (Å²) >= 11 is 0. The van der Waals surface area contributed by atoms with Crippen molar-refractivity contribution >= 4 is 10.1 Å². The van der Waals surface area contributed by atoms with Crippen LogP contribution in [0.15, 0.2) is 12.1 Å². The highest BCUT2D eigenvalue weighted by atomic mass is 32.2. The van der Waals surface area contributed by atoms with Gasteiger partial charge in [0.05, 0.1) is 0 Å². The summed E-state index contributed by atoms with van der Waals surface area (Å²) < 4.78 is 63.9. The monoisotopic (exact) mass is 308 g/mol. The molecule has 3 nitrogen and oxygen atoms in total. The Balaban J connectivity index is 2.52. The number of hydrogen-bond acceptors (Lipinski definition) is 3. The SMILES string of the molecule is Cc1ccc(OS(=O)(=O)C(F)(F)F)c2c1C(C)CC2C. The Kier molecular flexibility index (Phi) is 3.52. The summed E-state index contributed by atoms with van der Waals surface area (Å²) in [6.07, 6.45) is 0.766. The molecule has 1 aliphatic carbocycles. The van der Waals surface area contributed by atoms with Crippen LogP contribution in [-0.2, 0) is 10.1 Å². The Hall–Kier alpha value is -1.24. The highest BCUT2D eigenvalue weighted by Crippen LogP contribution is 2.48. The number of alkyl halides is 3. The summed E-state index contributed by atoms with van der Waals surface area (Å²) in [6, 6.07) is 2.89. The van der Waals surface area contributed by atoms with Gasteiger partial charge in [-0.3, -0.25) is 0 Å². The first kappa shape index (κ1) is 15.2. The normalized spacial score (nSPS) is 22.7. The van der Waals surface area contributed by atoms with E-state index in [9.17, 15) is 21.6 Å². The number of aryl methyl sites for hydroxylation is 1. The molecule has 0 radical (unpaired) electrons. The van der Waals surface area contributed by atoms with Gasteiger partial charge in [-0.2, -0.15) is 21.6 Å². The van der Waals surface area contributed by atoms with Gasteiger partial charge in [-0.1, -0.05) is 19.9 Å². The van der Waals surface area contributed by atoms with Crippen LogP contribution >= 0.6 is 0 Å². The van der Waals surface area contributed by atoms with Crippen molar-refractivity contribution in [3.8, 4) is 5.75 Å². The summed E-state index contributed by atoms with van der Waals surface area (Å²) in [6.45, 7) is 5.68. The van der Waals surface area contributed by atoms with E-state index in [-0.39, 0.29) is 17.6 Å². The minimum absolute atomic E-state index is 0.0293. The van der Waals surface area contributed by atoms with Crippen LogP contribution in [0.1, 0.15) is 48.8 Å². The highest BCUT2D eigenvalue weighted by molar-refractivity contribution is 7.88. The van der Waals surface area contributed by atoms with E-state index in [1.165, 1.54) is 6.07 Å². The molecule has 0 spiro atoms. The van der Waals surface area contributed by atoms with Gasteiger partial charge in [0, 0.05) is 5.56 Å². The van der Waals surface area contributed by atoms with Crippen LogP contribution in [0, 0.1) is 6.92 Å². The fraction of sp³-hybridized carbons (Fsp3) is 0.538. The number of halogens is 3. The van der Waals surface area contributed by atoms with Crippen LogP contribution < -0.4 is 4.18 Å². The van der Waals surface area contributed by atoms with Crippen LogP contribution in [0.2, 0.25) is 0 Å². The lowest BCUT2D eigenvalue weighted by molar-refractivity contribution is -0.0500. The Morgan fingerprint density at radius 2 is 1.70 bits per heavy atom. The molecule has 0 amide bonds. The lowest BCUT2D eigenvalue weighted by Crippen LogP contribution is -2.28. The van der Waals surface area contributed by atoms with E-state index >= 15 is 0 Å². The second kappa shape index (κ2) is 4.65. The molecule has 0 heterocycles. The van der Waals surface area contributed by atoms with Gasteiger partial charge < -0.3 is 4.18 Å². The fourth-order valence-electron chi connectivity index (χ4n) is 2.89. The first-order valence-electron chi connectivity index (χ1n) is 6.18. The van der Waals surface area contributed by atoms with Gasteiger partial charge in [0.25, 0.3) is 0 Å². The van der Waals surface area contributed by atoms with Crippen molar-refractivity contribution in [1.29, 1.82) is 0 Å². The van der Waals surface area contributed by atoms with Gasteiger partial charge in [-0.05, 0) is 42.4 Å². The second-order valence-electron chi connectivity index (χ2n) is 5.23. The molecule has 0 N–H and O–H groups in total. The molecule has 2 atom stereocenters. The third kappa shape index (κ3) is 2.39. The van der Waals surface area contributed by atoms with Crippen LogP contribution in [0.5, 0.6) is 5.75 Å². The van der Waals surface area contributed by atoms with E-state index in [1.54, 1.807) is 6.07 Å². The predicted molar refractivity (Wildman–Crippen MR) is 68.2 cm³/mol. The first-order chi connectivity index (χ1) is 9.04. The third-order valence-electron chi connectivity index (χ3n) is 3.64. The van der Waals surface area contributed by atoms with Crippen molar-refractivity contribution in [2.24, 2.45) is 0 Å². The lowest BCUT2D eigenvalue weighted by atomic mass is 9.97. The number of benzene rings is 1. The molecule has 0 saturated carbocycles. The molecule has 20 heavy (non-hydrogen) atoms. The van der Waals surface area contributed by atoms with Crippen LogP contribution in [0.25, 0.3) is 0 Å². The molecular formula is C13H15F3O3S. The van der Waals surface area contributed by atoms with Gasteiger partial charge >= 0.3 is 15.6 Å². The molecule has 0 bridgehead atoms. The van der Waals surface area contributed by atoms with E-state index in [2.05, 4.69) is 4.18 Å². The van der Waals surface area contributed by atoms with Gasteiger partial charge in [0.1, 0.15) is 5.75 Å². The van der Waals surface area contributed by atoms with Crippen molar-refractivity contribution < 1.29 is 25.8 Å². The minimum atomic E-state index is -5.63. The zero-order valence-electron chi connectivity index (χ0n) is 11.3. The van der Waals surface area contributed by atoms with E-state index in [4.69, 9.17) is 0 Å². The predicted octanol–water partition coefficient (Wildman–Crippen LogP) is 3.83. The molecule has 7 heteroatoms. The third-order valence-corrected chi connectivity index (χ3v) is 4.61. The molecule has 112 valence electrons. The molecule has 0 saturated heterocycles. The Morgan fingerprint density at radius 1 is 1.15 bits per heavy atom. The van der Waals surface area contributed by atoms with Crippen LogP contribution in [0.3, 0.4) is 0 Å². The molecule has 1 aromatic rings. The van der Waals surface area contributed by atoms with Crippen molar-refractivity contribution in [2.75, 3.05) is 0 Å². The summed E-state index contributed by atoms with van der Waals surface area (Å²) in [7, 11) is -5.63. The van der Waals surface area contributed by atoms with E-state index in [0.717, 1.165) is 17.5 Å². The number of fused-ring (bicyclic) bond motifs is 1. The maximum absolute atomic E-state index is 12.4. The van der Waals surface area contributed by atoms with E-state index < -0.39 is 15.6 Å².